The highest BCUT2D eigenvalue weighted by atomic mass is 16.2. The first-order chi connectivity index (χ1) is 7.66. The molecule has 92 valence electrons. The van der Waals surface area contributed by atoms with Crippen LogP contribution >= 0.6 is 0 Å². The van der Waals surface area contributed by atoms with Gasteiger partial charge in [0.25, 0.3) is 0 Å². The van der Waals surface area contributed by atoms with Crippen LogP contribution in [0, 0.1) is 0 Å². The lowest BCUT2D eigenvalue weighted by molar-refractivity contribution is -0.130. The molecule has 0 aromatic heterocycles. The highest BCUT2D eigenvalue weighted by Crippen LogP contribution is 2.25. The number of carbonyl (C=O) groups is 1. The van der Waals surface area contributed by atoms with E-state index in [0.717, 1.165) is 26.2 Å². The largest absolute Gasteiger partial charge is 0.342 e. The van der Waals surface area contributed by atoms with Crippen molar-refractivity contribution in [2.75, 3.05) is 46.8 Å². The first kappa shape index (κ1) is 11.8. The molecule has 0 aromatic carbocycles. The van der Waals surface area contributed by atoms with Crippen LogP contribution in [0.1, 0.15) is 12.8 Å². The van der Waals surface area contributed by atoms with E-state index in [1.54, 1.807) is 0 Å². The monoisotopic (exact) mass is 226 g/mol. The zero-order valence-corrected chi connectivity index (χ0v) is 10.3. The van der Waals surface area contributed by atoms with Gasteiger partial charge in [0.15, 0.2) is 0 Å². The van der Waals surface area contributed by atoms with Gasteiger partial charge >= 0.3 is 0 Å². The van der Waals surface area contributed by atoms with Crippen LogP contribution in [0.5, 0.6) is 0 Å². The van der Waals surface area contributed by atoms with Crippen LogP contribution < -0.4 is 5.43 Å². The molecular weight excluding hydrogens is 204 g/mol. The van der Waals surface area contributed by atoms with Gasteiger partial charge in [-0.05, 0) is 19.9 Å². The van der Waals surface area contributed by atoms with Gasteiger partial charge in [0.2, 0.25) is 5.91 Å². The fourth-order valence-electron chi connectivity index (χ4n) is 1.93. The Labute approximate surface area is 97.3 Å². The second kappa shape index (κ2) is 5.12. The van der Waals surface area contributed by atoms with E-state index in [1.807, 2.05) is 11.9 Å². The van der Waals surface area contributed by atoms with Crippen molar-refractivity contribution < 1.29 is 4.79 Å². The summed E-state index contributed by atoms with van der Waals surface area (Å²) in [5.74, 6) is 0.210. The van der Waals surface area contributed by atoms with Crippen molar-refractivity contribution in [3.63, 3.8) is 0 Å². The molecule has 1 saturated heterocycles. The molecule has 0 bridgehead atoms. The van der Waals surface area contributed by atoms with Gasteiger partial charge < -0.3 is 9.80 Å². The Morgan fingerprint density at radius 1 is 1.31 bits per heavy atom. The summed E-state index contributed by atoms with van der Waals surface area (Å²) in [4.78, 5) is 15.9. The van der Waals surface area contributed by atoms with Crippen molar-refractivity contribution in [1.82, 2.24) is 20.2 Å². The van der Waals surface area contributed by atoms with Crippen molar-refractivity contribution >= 4 is 5.91 Å². The number of nitrogens with zero attached hydrogens (tertiary/aromatic N) is 3. The topological polar surface area (TPSA) is 38.8 Å². The number of nitrogens with one attached hydrogen (secondary N) is 1. The minimum absolute atomic E-state index is 0.210. The second-order valence-corrected chi connectivity index (χ2v) is 4.86. The van der Waals surface area contributed by atoms with Crippen molar-refractivity contribution in [1.29, 1.82) is 0 Å². The van der Waals surface area contributed by atoms with Gasteiger partial charge in [0.1, 0.15) is 0 Å². The average Bonchev–Trinajstić information content (AvgIpc) is 3.11. The molecule has 1 heterocycles. The third kappa shape index (κ3) is 3.17. The first-order valence-electron chi connectivity index (χ1n) is 6.09. The summed E-state index contributed by atoms with van der Waals surface area (Å²) in [5, 5.41) is 2.15. The summed E-state index contributed by atoms with van der Waals surface area (Å²) < 4.78 is 0. The second-order valence-electron chi connectivity index (χ2n) is 4.86. The molecule has 2 aliphatic rings. The maximum absolute atomic E-state index is 11.8. The predicted octanol–water partition coefficient (Wildman–Crippen LogP) is -0.641. The standard InChI is InChI=1S/C11H22N4O/c1-13-5-7-15(8-6-13)12-9-11(16)14(2)10-3-4-10/h10,12H,3-9H2,1-2H3. The van der Waals surface area contributed by atoms with Crippen LogP contribution in [0.2, 0.25) is 0 Å². The van der Waals surface area contributed by atoms with Crippen LogP contribution in [-0.4, -0.2) is 73.6 Å². The quantitative estimate of drug-likeness (QED) is 0.692. The summed E-state index contributed by atoms with van der Waals surface area (Å²) in [6.45, 7) is 4.57. The van der Waals surface area contributed by atoms with E-state index in [1.165, 1.54) is 12.8 Å². The molecule has 1 N–H and O–H groups in total. The molecule has 1 aliphatic carbocycles. The first-order valence-corrected chi connectivity index (χ1v) is 6.09. The van der Waals surface area contributed by atoms with Crippen molar-refractivity contribution in [2.45, 2.75) is 18.9 Å². The summed E-state index contributed by atoms with van der Waals surface area (Å²) in [6, 6.07) is 0.516. The molecule has 2 rings (SSSR count). The smallest absolute Gasteiger partial charge is 0.237 e. The van der Waals surface area contributed by atoms with Gasteiger partial charge in [-0.1, -0.05) is 0 Å². The molecule has 16 heavy (non-hydrogen) atoms. The maximum atomic E-state index is 11.8. The molecule has 0 unspecified atom stereocenters. The lowest BCUT2D eigenvalue weighted by atomic mass is 10.4. The number of amides is 1. The van der Waals surface area contributed by atoms with E-state index >= 15 is 0 Å². The van der Waals surface area contributed by atoms with Gasteiger partial charge in [-0.15, -0.1) is 0 Å². The maximum Gasteiger partial charge on any atom is 0.237 e. The Morgan fingerprint density at radius 3 is 2.50 bits per heavy atom. The predicted molar refractivity (Wildman–Crippen MR) is 62.9 cm³/mol. The van der Waals surface area contributed by atoms with Crippen LogP contribution in [0.25, 0.3) is 0 Å². The van der Waals surface area contributed by atoms with Gasteiger partial charge in [-0.25, -0.2) is 10.4 Å². The molecule has 1 amide bonds. The number of piperazine rings is 1. The fourth-order valence-corrected chi connectivity index (χ4v) is 1.93. The van der Waals surface area contributed by atoms with Gasteiger partial charge in [-0.3, -0.25) is 4.79 Å². The number of hydrogen-bond acceptors (Lipinski definition) is 4. The van der Waals surface area contributed by atoms with Crippen LogP contribution in [-0.2, 0) is 4.79 Å². The average molecular weight is 226 g/mol. The summed E-state index contributed by atoms with van der Waals surface area (Å²) in [6.07, 6.45) is 2.35. The zero-order valence-electron chi connectivity index (χ0n) is 10.3. The molecule has 0 atom stereocenters. The molecule has 5 heteroatoms. The third-order valence-electron chi connectivity index (χ3n) is 3.45. The highest BCUT2D eigenvalue weighted by molar-refractivity contribution is 5.78. The Morgan fingerprint density at radius 2 is 1.94 bits per heavy atom. The van der Waals surface area contributed by atoms with Crippen molar-refractivity contribution in [3.05, 3.63) is 0 Å². The molecular formula is C11H22N4O. The van der Waals surface area contributed by atoms with E-state index in [2.05, 4.69) is 22.4 Å². The van der Waals surface area contributed by atoms with Crippen LogP contribution in [0.3, 0.4) is 0 Å². The third-order valence-corrected chi connectivity index (χ3v) is 3.45. The SMILES string of the molecule is CN1CCN(NCC(=O)N(C)C2CC2)CC1. The van der Waals surface area contributed by atoms with Crippen molar-refractivity contribution in [3.8, 4) is 0 Å². The van der Waals surface area contributed by atoms with Crippen LogP contribution in [0.15, 0.2) is 0 Å². The Balaban J connectivity index is 1.64. The normalized spacial score (nSPS) is 23.4. The summed E-state index contributed by atoms with van der Waals surface area (Å²) in [7, 11) is 4.04. The summed E-state index contributed by atoms with van der Waals surface area (Å²) in [5.41, 5.74) is 3.22. The van der Waals surface area contributed by atoms with E-state index in [9.17, 15) is 4.79 Å². The Bertz CT molecular complexity index is 246. The van der Waals surface area contributed by atoms with E-state index in [-0.39, 0.29) is 5.91 Å². The number of rotatable bonds is 4. The van der Waals surface area contributed by atoms with Gasteiger partial charge in [0.05, 0.1) is 6.54 Å². The van der Waals surface area contributed by atoms with Crippen molar-refractivity contribution in [2.24, 2.45) is 0 Å². The van der Waals surface area contributed by atoms with E-state index in [0.29, 0.717) is 12.6 Å². The molecule has 0 radical (unpaired) electrons. The molecule has 0 aromatic rings. The molecule has 2 fully saturated rings. The van der Waals surface area contributed by atoms with Gasteiger partial charge in [0, 0.05) is 39.3 Å². The molecule has 0 spiro atoms. The fraction of sp³-hybridized carbons (Fsp3) is 0.909. The number of carbonyl (C=O) groups excluding carboxylic acids is 1. The number of likely N-dealkylation sites (N-methyl/N-ethyl adjacent to an activating group) is 2. The van der Waals surface area contributed by atoms with E-state index in [4.69, 9.17) is 0 Å². The minimum Gasteiger partial charge on any atom is -0.342 e. The molecule has 5 nitrogen and oxygen atoms in total. The van der Waals surface area contributed by atoms with Crippen LogP contribution in [0.4, 0.5) is 0 Å². The molecule has 1 aliphatic heterocycles. The zero-order chi connectivity index (χ0) is 11.5. The number of hydrazine groups is 1. The van der Waals surface area contributed by atoms with E-state index < -0.39 is 0 Å². The molecule has 1 saturated carbocycles. The summed E-state index contributed by atoms with van der Waals surface area (Å²) >= 11 is 0. The highest BCUT2D eigenvalue weighted by Gasteiger charge is 2.29. The lowest BCUT2D eigenvalue weighted by Gasteiger charge is -2.32. The Kier molecular flexibility index (Phi) is 3.78. The minimum atomic E-state index is 0.210. The number of hydrogen-bond donors (Lipinski definition) is 1. The Hall–Kier alpha value is -0.650. The lowest BCUT2D eigenvalue weighted by Crippen LogP contribution is -2.53. The van der Waals surface area contributed by atoms with Gasteiger partial charge in [-0.2, -0.15) is 0 Å².